The molecule has 0 saturated heterocycles. The van der Waals surface area contributed by atoms with E-state index in [2.05, 4.69) is 14.9 Å². The highest BCUT2D eigenvalue weighted by atomic mass is 32.2. The molecule has 0 spiro atoms. The molecular weight excluding hydrogens is 373 g/mol. The molecule has 1 aromatic carbocycles. The highest BCUT2D eigenvalue weighted by molar-refractivity contribution is 7.89. The SMILES string of the molecule is Cc1ccc(-n2c(=O)n(C)c3cc(F)c(S(=O)(=O)NC4(C)CC4)cc32)nn1. The predicted molar refractivity (Wildman–Crippen MR) is 96.8 cm³/mol. The molecule has 10 heteroatoms. The predicted octanol–water partition coefficient (Wildman–Crippen LogP) is 1.40. The maximum absolute atomic E-state index is 14.6. The number of hydrogen-bond donors (Lipinski definition) is 1. The Balaban J connectivity index is 1.96. The van der Waals surface area contributed by atoms with Gasteiger partial charge in [-0.25, -0.2) is 26.9 Å². The van der Waals surface area contributed by atoms with Gasteiger partial charge in [0.25, 0.3) is 0 Å². The number of imidazole rings is 1. The Bertz CT molecular complexity index is 1220. The summed E-state index contributed by atoms with van der Waals surface area (Å²) >= 11 is 0. The Morgan fingerprint density at radius 2 is 1.89 bits per heavy atom. The quantitative estimate of drug-likeness (QED) is 0.725. The Morgan fingerprint density at radius 1 is 1.19 bits per heavy atom. The smallest absolute Gasteiger partial charge is 0.295 e. The molecule has 4 rings (SSSR count). The van der Waals surface area contributed by atoms with Gasteiger partial charge >= 0.3 is 5.69 Å². The first kappa shape index (κ1) is 17.8. The molecule has 0 radical (unpaired) electrons. The molecular formula is C17H18FN5O3S. The van der Waals surface area contributed by atoms with Crippen molar-refractivity contribution in [1.82, 2.24) is 24.1 Å². The van der Waals surface area contributed by atoms with E-state index in [1.807, 2.05) is 0 Å². The van der Waals surface area contributed by atoms with Crippen molar-refractivity contribution in [1.29, 1.82) is 0 Å². The lowest BCUT2D eigenvalue weighted by molar-refractivity contribution is 0.541. The topological polar surface area (TPSA) is 98.9 Å². The van der Waals surface area contributed by atoms with Crippen LogP contribution >= 0.6 is 0 Å². The lowest BCUT2D eigenvalue weighted by atomic mass is 10.3. The fraction of sp³-hybridized carbons (Fsp3) is 0.353. The maximum Gasteiger partial charge on any atom is 0.334 e. The summed E-state index contributed by atoms with van der Waals surface area (Å²) in [5, 5.41) is 7.93. The minimum atomic E-state index is -4.07. The van der Waals surface area contributed by atoms with Gasteiger partial charge in [-0.15, -0.1) is 5.10 Å². The van der Waals surface area contributed by atoms with E-state index in [4.69, 9.17) is 0 Å². The molecule has 142 valence electrons. The lowest BCUT2D eigenvalue weighted by Crippen LogP contribution is -2.34. The normalized spacial score (nSPS) is 16.0. The molecule has 0 aliphatic heterocycles. The first-order valence-corrected chi connectivity index (χ1v) is 9.85. The third-order valence-corrected chi connectivity index (χ3v) is 6.45. The molecule has 1 N–H and O–H groups in total. The van der Waals surface area contributed by atoms with Gasteiger partial charge in [0.1, 0.15) is 10.7 Å². The highest BCUT2D eigenvalue weighted by Crippen LogP contribution is 2.36. The Kier molecular flexibility index (Phi) is 3.76. The number of aromatic nitrogens is 4. The van der Waals surface area contributed by atoms with E-state index in [-0.39, 0.29) is 16.9 Å². The summed E-state index contributed by atoms with van der Waals surface area (Å²) in [7, 11) is -2.59. The third kappa shape index (κ3) is 2.94. The number of aryl methyl sites for hydroxylation is 2. The standard InChI is InChI=1S/C17H18FN5O3S/c1-10-4-5-15(20-19-10)23-13-9-14(27(25,26)21-17(2)6-7-17)11(18)8-12(13)22(3)16(23)24/h4-5,8-9,21H,6-7H2,1-3H3. The number of nitrogens with zero attached hydrogens (tertiary/aromatic N) is 4. The molecule has 1 fully saturated rings. The van der Waals surface area contributed by atoms with Crippen molar-refractivity contribution in [2.24, 2.45) is 7.05 Å². The Labute approximate surface area is 154 Å². The van der Waals surface area contributed by atoms with Crippen molar-refractivity contribution in [3.05, 3.63) is 46.3 Å². The highest BCUT2D eigenvalue weighted by Gasteiger charge is 2.42. The lowest BCUT2D eigenvalue weighted by Gasteiger charge is -2.13. The molecule has 2 aromatic heterocycles. The summed E-state index contributed by atoms with van der Waals surface area (Å²) in [6, 6.07) is 5.51. The summed E-state index contributed by atoms with van der Waals surface area (Å²) in [4.78, 5) is 12.2. The number of sulfonamides is 1. The second kappa shape index (κ2) is 5.70. The number of fused-ring (bicyclic) bond motifs is 1. The summed E-state index contributed by atoms with van der Waals surface area (Å²) in [5.41, 5.74) is 0.154. The van der Waals surface area contributed by atoms with E-state index in [1.54, 1.807) is 26.0 Å². The summed E-state index contributed by atoms with van der Waals surface area (Å²) in [6.07, 6.45) is 1.40. The molecule has 8 nitrogen and oxygen atoms in total. The van der Waals surface area contributed by atoms with Gasteiger partial charge in [0.15, 0.2) is 5.82 Å². The minimum Gasteiger partial charge on any atom is -0.295 e. The van der Waals surface area contributed by atoms with Crippen molar-refractivity contribution >= 4 is 21.1 Å². The molecule has 0 amide bonds. The minimum absolute atomic E-state index is 0.230. The van der Waals surface area contributed by atoms with Crippen LogP contribution in [-0.4, -0.2) is 33.3 Å². The maximum atomic E-state index is 14.6. The van der Waals surface area contributed by atoms with Crippen molar-refractivity contribution in [2.45, 2.75) is 37.1 Å². The van der Waals surface area contributed by atoms with Crippen LogP contribution in [0.4, 0.5) is 4.39 Å². The number of nitrogens with one attached hydrogen (secondary N) is 1. The molecule has 27 heavy (non-hydrogen) atoms. The van der Waals surface area contributed by atoms with E-state index in [1.165, 1.54) is 22.2 Å². The monoisotopic (exact) mass is 391 g/mol. The average molecular weight is 391 g/mol. The van der Waals surface area contributed by atoms with Gasteiger partial charge in [-0.2, -0.15) is 5.10 Å². The van der Waals surface area contributed by atoms with Gasteiger partial charge in [-0.05, 0) is 44.9 Å². The fourth-order valence-electron chi connectivity index (χ4n) is 2.94. The average Bonchev–Trinajstić information content (AvgIpc) is 3.26. The number of halogens is 1. The zero-order valence-electron chi connectivity index (χ0n) is 15.0. The van der Waals surface area contributed by atoms with E-state index in [0.29, 0.717) is 18.5 Å². The van der Waals surface area contributed by atoms with E-state index >= 15 is 0 Å². The molecule has 1 aliphatic carbocycles. The van der Waals surface area contributed by atoms with Crippen LogP contribution in [0.3, 0.4) is 0 Å². The number of benzene rings is 1. The van der Waals surface area contributed by atoms with Crippen LogP contribution in [0.1, 0.15) is 25.5 Å². The second-order valence-electron chi connectivity index (χ2n) is 7.15. The number of hydrogen-bond acceptors (Lipinski definition) is 5. The van der Waals surface area contributed by atoms with Crippen LogP contribution < -0.4 is 10.4 Å². The van der Waals surface area contributed by atoms with Crippen molar-refractivity contribution in [2.75, 3.05) is 0 Å². The van der Waals surface area contributed by atoms with Crippen LogP contribution in [0.15, 0.2) is 34.0 Å². The van der Waals surface area contributed by atoms with Crippen molar-refractivity contribution < 1.29 is 12.8 Å². The van der Waals surface area contributed by atoms with Gasteiger partial charge in [-0.1, -0.05) is 0 Å². The van der Waals surface area contributed by atoms with Crippen LogP contribution in [0.5, 0.6) is 0 Å². The first-order valence-electron chi connectivity index (χ1n) is 8.37. The van der Waals surface area contributed by atoms with Crippen LogP contribution in [-0.2, 0) is 17.1 Å². The van der Waals surface area contributed by atoms with Crippen LogP contribution in [0.25, 0.3) is 16.9 Å². The van der Waals surface area contributed by atoms with Gasteiger partial charge in [-0.3, -0.25) is 4.57 Å². The van der Waals surface area contributed by atoms with Crippen LogP contribution in [0, 0.1) is 12.7 Å². The Morgan fingerprint density at radius 3 is 2.48 bits per heavy atom. The van der Waals surface area contributed by atoms with Gasteiger partial charge in [0, 0.05) is 18.7 Å². The molecule has 1 saturated carbocycles. The summed E-state index contributed by atoms with van der Waals surface area (Å²) in [6.45, 7) is 3.52. The summed E-state index contributed by atoms with van der Waals surface area (Å²) < 4.78 is 44.9. The summed E-state index contributed by atoms with van der Waals surface area (Å²) in [5.74, 6) is -0.685. The second-order valence-corrected chi connectivity index (χ2v) is 8.80. The molecule has 0 unspecified atom stereocenters. The van der Waals surface area contributed by atoms with Crippen molar-refractivity contribution in [3.8, 4) is 5.82 Å². The molecule has 2 heterocycles. The molecule has 0 bridgehead atoms. The Hall–Kier alpha value is -2.59. The van der Waals surface area contributed by atoms with Gasteiger partial charge in [0.2, 0.25) is 10.0 Å². The zero-order valence-corrected chi connectivity index (χ0v) is 15.8. The number of rotatable bonds is 4. The van der Waals surface area contributed by atoms with Crippen molar-refractivity contribution in [3.63, 3.8) is 0 Å². The molecule has 3 aromatic rings. The fourth-order valence-corrected chi connectivity index (χ4v) is 4.49. The van der Waals surface area contributed by atoms with Gasteiger partial charge < -0.3 is 0 Å². The van der Waals surface area contributed by atoms with Gasteiger partial charge in [0.05, 0.1) is 16.7 Å². The molecule has 0 atom stereocenters. The molecule has 1 aliphatic rings. The van der Waals surface area contributed by atoms with Crippen LogP contribution in [0.2, 0.25) is 0 Å². The largest absolute Gasteiger partial charge is 0.334 e. The first-order chi connectivity index (χ1) is 12.6. The van der Waals surface area contributed by atoms with E-state index in [0.717, 1.165) is 6.07 Å². The zero-order chi connectivity index (χ0) is 19.6. The van der Waals surface area contributed by atoms with E-state index < -0.39 is 32.0 Å². The third-order valence-electron chi connectivity index (χ3n) is 4.79. The van der Waals surface area contributed by atoms with E-state index in [9.17, 15) is 17.6 Å².